The Balaban J connectivity index is 0.000000255. The smallest absolute Gasteiger partial charge is 0.324 e. The van der Waals surface area contributed by atoms with Crippen molar-refractivity contribution in [1.82, 2.24) is 10.2 Å². The van der Waals surface area contributed by atoms with E-state index in [-0.39, 0.29) is 6.10 Å². The minimum atomic E-state index is -1.21. The van der Waals surface area contributed by atoms with Crippen molar-refractivity contribution < 1.29 is 44.5 Å². The van der Waals surface area contributed by atoms with Crippen LogP contribution in [-0.2, 0) is 4.74 Å². The van der Waals surface area contributed by atoms with Gasteiger partial charge in [0.25, 0.3) is 22.9 Å². The number of non-ortho nitro benzene ring substituents is 2. The summed E-state index contributed by atoms with van der Waals surface area (Å²) in [5.41, 5.74) is -4.72. The van der Waals surface area contributed by atoms with E-state index in [9.17, 15) is 60.7 Å². The molecule has 23 nitrogen and oxygen atoms in total. The predicted molar refractivity (Wildman–Crippen MR) is 166 cm³/mol. The number of nitrogens with zero attached hydrogens (tertiary/aromatic N) is 7. The van der Waals surface area contributed by atoms with Crippen molar-refractivity contribution >= 4 is 34.1 Å². The van der Waals surface area contributed by atoms with Crippen molar-refractivity contribution in [3.63, 3.8) is 0 Å². The number of nitro benzene ring substituents is 6. The van der Waals surface area contributed by atoms with Gasteiger partial charge in [-0.15, -0.1) is 0 Å². The average molecular weight is 693 g/mol. The van der Waals surface area contributed by atoms with Crippen LogP contribution in [0.15, 0.2) is 54.6 Å². The molecule has 0 amide bonds. The number of nitro groups is 6. The summed E-state index contributed by atoms with van der Waals surface area (Å²) in [4.78, 5) is 58.0. The number of nitrogens with one attached hydrogen (secondary N) is 1. The lowest BCUT2D eigenvalue weighted by molar-refractivity contribution is -0.404. The molecule has 0 saturated carbocycles. The lowest BCUT2D eigenvalue weighted by Crippen LogP contribution is -2.45. The Morgan fingerprint density at radius 1 is 0.673 bits per heavy atom. The van der Waals surface area contributed by atoms with Gasteiger partial charge in [0, 0.05) is 39.3 Å². The fourth-order valence-corrected chi connectivity index (χ4v) is 4.20. The highest BCUT2D eigenvalue weighted by Gasteiger charge is 2.31. The molecular formula is C26H28N8O15. The third-order valence-electron chi connectivity index (χ3n) is 6.49. The topological polar surface area (TPSA) is 324 Å². The molecule has 1 atom stereocenters. The lowest BCUT2D eigenvalue weighted by atomic mass is 10.1. The number of aromatic hydroxyl groups is 2. The number of hydrogen-bond donors (Lipinski definition) is 3. The van der Waals surface area contributed by atoms with Gasteiger partial charge in [0.1, 0.15) is 0 Å². The number of rotatable bonds is 11. The molecule has 3 aromatic rings. The molecular weight excluding hydrogens is 664 g/mol. The van der Waals surface area contributed by atoms with E-state index in [0.717, 1.165) is 39.3 Å². The molecule has 0 aromatic heterocycles. The van der Waals surface area contributed by atoms with Crippen LogP contribution in [0.2, 0.25) is 0 Å². The summed E-state index contributed by atoms with van der Waals surface area (Å²) in [5.74, 6) is -2.42. The number of hydrogen-bond acceptors (Lipinski definition) is 17. The van der Waals surface area contributed by atoms with Gasteiger partial charge in [-0.25, -0.2) is 0 Å². The molecule has 1 aliphatic heterocycles. The third-order valence-corrected chi connectivity index (χ3v) is 6.49. The number of ether oxygens (including phenoxy) is 1. The molecule has 1 unspecified atom stereocenters. The molecule has 0 spiro atoms. The quantitative estimate of drug-likeness (QED) is 0.189. The number of phenols is 2. The van der Waals surface area contributed by atoms with Gasteiger partial charge in [-0.1, -0.05) is 30.3 Å². The van der Waals surface area contributed by atoms with Gasteiger partial charge >= 0.3 is 22.7 Å². The molecule has 262 valence electrons. The molecule has 1 heterocycles. The van der Waals surface area contributed by atoms with Gasteiger partial charge in [0.05, 0.1) is 59.9 Å². The molecule has 1 aliphatic rings. The zero-order chi connectivity index (χ0) is 36.8. The van der Waals surface area contributed by atoms with E-state index < -0.39 is 75.2 Å². The Morgan fingerprint density at radius 3 is 1.35 bits per heavy atom. The molecule has 3 N–H and O–H groups in total. The first-order chi connectivity index (χ1) is 23.1. The molecule has 3 aromatic carbocycles. The molecule has 4 rings (SSSR count). The first-order valence-electron chi connectivity index (χ1n) is 13.8. The summed E-state index contributed by atoms with van der Waals surface area (Å²) in [6.07, 6.45) is 0.208. The molecule has 23 heteroatoms. The van der Waals surface area contributed by atoms with E-state index in [2.05, 4.69) is 47.5 Å². The van der Waals surface area contributed by atoms with Crippen LogP contribution in [0.5, 0.6) is 11.5 Å². The van der Waals surface area contributed by atoms with Crippen molar-refractivity contribution in [2.75, 3.05) is 39.3 Å². The second-order valence-corrected chi connectivity index (χ2v) is 9.61. The van der Waals surface area contributed by atoms with Crippen molar-refractivity contribution in [2.24, 2.45) is 0 Å². The van der Waals surface area contributed by atoms with Crippen molar-refractivity contribution in [1.29, 1.82) is 0 Å². The number of phenolic OH excluding ortho intramolecular Hbond substituents is 2. The minimum absolute atomic E-state index is 0.208. The monoisotopic (exact) mass is 692 g/mol. The predicted octanol–water partition coefficient (Wildman–Crippen LogP) is 3.90. The van der Waals surface area contributed by atoms with Crippen LogP contribution >= 0.6 is 0 Å². The van der Waals surface area contributed by atoms with Gasteiger partial charge in [0.15, 0.2) is 0 Å². The van der Waals surface area contributed by atoms with Crippen LogP contribution in [-0.4, -0.2) is 84.0 Å². The standard InChI is InChI=1S/C14H22N2O.2C6H3N3O7/c1-2-17-14(13-6-4-3-5-7-13)12-16-10-8-15-9-11-16;2*10-6-4(8(13)14)1-3(7(11)12)2-5(6)9(15)16/h3-7,14-15H,2,8-12H2,1H3;2*1-2,10H. The van der Waals surface area contributed by atoms with Crippen LogP contribution in [0.25, 0.3) is 0 Å². The summed E-state index contributed by atoms with van der Waals surface area (Å²) >= 11 is 0. The van der Waals surface area contributed by atoms with Crippen LogP contribution in [0.1, 0.15) is 18.6 Å². The molecule has 1 saturated heterocycles. The van der Waals surface area contributed by atoms with Crippen LogP contribution in [0.4, 0.5) is 34.1 Å². The first-order valence-corrected chi connectivity index (χ1v) is 13.8. The van der Waals surface area contributed by atoms with E-state index in [1.54, 1.807) is 0 Å². The van der Waals surface area contributed by atoms with Gasteiger partial charge < -0.3 is 20.3 Å². The summed E-state index contributed by atoms with van der Waals surface area (Å²) in [5, 5.41) is 83.8. The Hall–Kier alpha value is -6.46. The summed E-state index contributed by atoms with van der Waals surface area (Å²) in [6, 6.07) is 12.3. The van der Waals surface area contributed by atoms with E-state index >= 15 is 0 Å². The second kappa shape index (κ2) is 18.0. The highest BCUT2D eigenvalue weighted by molar-refractivity contribution is 5.65. The molecule has 0 radical (unpaired) electrons. The van der Waals surface area contributed by atoms with Gasteiger partial charge in [0.2, 0.25) is 0 Å². The minimum Gasteiger partial charge on any atom is -0.497 e. The van der Waals surface area contributed by atoms with Crippen molar-refractivity contribution in [2.45, 2.75) is 13.0 Å². The summed E-state index contributed by atoms with van der Waals surface area (Å²) in [6.45, 7) is 8.26. The Bertz CT molecular complexity index is 1540. The van der Waals surface area contributed by atoms with Gasteiger partial charge in [-0.2, -0.15) is 0 Å². The maximum absolute atomic E-state index is 10.4. The zero-order valence-electron chi connectivity index (χ0n) is 25.3. The van der Waals surface area contributed by atoms with Crippen molar-refractivity contribution in [3.05, 3.63) is 121 Å². The Morgan fingerprint density at radius 2 is 1.04 bits per heavy atom. The Labute approximate surface area is 273 Å². The van der Waals surface area contributed by atoms with Crippen molar-refractivity contribution in [3.8, 4) is 11.5 Å². The van der Waals surface area contributed by atoms with E-state index in [0.29, 0.717) is 24.3 Å². The second-order valence-electron chi connectivity index (χ2n) is 9.61. The van der Waals surface area contributed by atoms with Crippen LogP contribution in [0, 0.1) is 60.7 Å². The molecule has 0 aliphatic carbocycles. The molecule has 49 heavy (non-hydrogen) atoms. The maximum Gasteiger partial charge on any atom is 0.324 e. The fraction of sp³-hybridized carbons (Fsp3) is 0.308. The largest absolute Gasteiger partial charge is 0.497 e. The van der Waals surface area contributed by atoms with E-state index in [1.165, 1.54) is 5.56 Å². The van der Waals surface area contributed by atoms with E-state index in [4.69, 9.17) is 14.9 Å². The third kappa shape index (κ3) is 11.1. The summed E-state index contributed by atoms with van der Waals surface area (Å²) < 4.78 is 5.87. The van der Waals surface area contributed by atoms with Gasteiger partial charge in [-0.3, -0.25) is 65.6 Å². The molecule has 0 bridgehead atoms. The van der Waals surface area contributed by atoms with E-state index in [1.807, 2.05) is 0 Å². The Kier molecular flexibility index (Phi) is 14.2. The van der Waals surface area contributed by atoms with Gasteiger partial charge in [-0.05, 0) is 12.5 Å². The highest BCUT2D eigenvalue weighted by atomic mass is 16.7. The zero-order valence-corrected chi connectivity index (χ0v) is 25.3. The fourth-order valence-electron chi connectivity index (χ4n) is 4.20. The lowest BCUT2D eigenvalue weighted by Gasteiger charge is -2.31. The first kappa shape index (κ1) is 38.7. The summed E-state index contributed by atoms with van der Waals surface area (Å²) in [7, 11) is 0. The SMILES string of the molecule is CCOC(CN1CCNCC1)c1ccccc1.O=[N+]([O-])c1cc([N+](=O)[O-])c(O)c([N+](=O)[O-])c1.O=[N+]([O-])c1cc([N+](=O)[O-])c(O)c([N+](=O)[O-])c1. The number of benzene rings is 3. The average Bonchev–Trinajstić information content (AvgIpc) is 3.05. The highest BCUT2D eigenvalue weighted by Crippen LogP contribution is 2.40. The molecule has 1 fully saturated rings. The normalized spacial score (nSPS) is 13.0. The van der Waals surface area contributed by atoms with Crippen LogP contribution in [0.3, 0.4) is 0 Å². The number of piperazine rings is 1. The maximum atomic E-state index is 10.4. The van der Waals surface area contributed by atoms with Crippen LogP contribution < -0.4 is 5.32 Å².